The number of esters is 1. The van der Waals surface area contributed by atoms with Crippen LogP contribution in [0.15, 0.2) is 35.2 Å². The Hall–Kier alpha value is -2.76. The zero-order valence-electron chi connectivity index (χ0n) is 16.1. The Kier molecular flexibility index (Phi) is 7.88. The second kappa shape index (κ2) is 10.1. The van der Waals surface area contributed by atoms with Crippen LogP contribution in [-0.4, -0.2) is 70.1 Å². The standard InChI is InChI=1S/C18H23N3O7S/c1-13(17(23)20-18(24)19-2)28-16(22)8-5-14-3-6-15(7-4-14)29(25,26)21-9-11-27-12-10-21/h3-8,13H,9-12H2,1-2H3,(H2,19,20,23,24). The monoisotopic (exact) mass is 425 g/mol. The van der Waals surface area contributed by atoms with Crippen LogP contribution < -0.4 is 10.6 Å². The zero-order valence-corrected chi connectivity index (χ0v) is 16.9. The molecule has 1 fully saturated rings. The number of imide groups is 1. The third-order valence-electron chi connectivity index (χ3n) is 4.03. The molecule has 3 amide bonds. The van der Waals surface area contributed by atoms with Crippen molar-refractivity contribution in [3.05, 3.63) is 35.9 Å². The maximum atomic E-state index is 12.6. The molecule has 0 aliphatic carbocycles. The first-order valence-corrected chi connectivity index (χ1v) is 10.3. The minimum absolute atomic E-state index is 0.152. The number of carbonyl (C=O) groups excluding carboxylic acids is 3. The molecule has 11 heteroatoms. The summed E-state index contributed by atoms with van der Waals surface area (Å²) in [5, 5.41) is 4.21. The van der Waals surface area contributed by atoms with E-state index in [1.807, 2.05) is 5.32 Å². The van der Waals surface area contributed by atoms with Crippen molar-refractivity contribution in [1.29, 1.82) is 0 Å². The molecular formula is C18H23N3O7S. The van der Waals surface area contributed by atoms with Crippen LogP contribution in [-0.2, 0) is 29.1 Å². The van der Waals surface area contributed by atoms with Crippen molar-refractivity contribution in [2.75, 3.05) is 33.4 Å². The van der Waals surface area contributed by atoms with Crippen LogP contribution in [0.2, 0.25) is 0 Å². The molecule has 1 saturated heterocycles. The Morgan fingerprint density at radius 1 is 1.17 bits per heavy atom. The molecule has 158 valence electrons. The normalized spacial score (nSPS) is 16.2. The largest absolute Gasteiger partial charge is 0.449 e. The molecule has 29 heavy (non-hydrogen) atoms. The summed E-state index contributed by atoms with van der Waals surface area (Å²) in [6.07, 6.45) is 1.37. The van der Waals surface area contributed by atoms with Crippen LogP contribution in [0.5, 0.6) is 0 Å². The molecule has 2 rings (SSSR count). The first-order chi connectivity index (χ1) is 13.7. The summed E-state index contributed by atoms with van der Waals surface area (Å²) in [7, 11) is -2.24. The Balaban J connectivity index is 1.94. The summed E-state index contributed by atoms with van der Waals surface area (Å²) < 4.78 is 36.6. The number of nitrogens with one attached hydrogen (secondary N) is 2. The van der Waals surface area contributed by atoms with Gasteiger partial charge in [0.2, 0.25) is 10.0 Å². The Labute approximate surface area is 168 Å². The Morgan fingerprint density at radius 2 is 1.79 bits per heavy atom. The number of hydrogen-bond donors (Lipinski definition) is 2. The molecule has 0 spiro atoms. The van der Waals surface area contributed by atoms with Gasteiger partial charge >= 0.3 is 12.0 Å². The third kappa shape index (κ3) is 6.38. The van der Waals surface area contributed by atoms with E-state index in [1.54, 1.807) is 12.1 Å². The third-order valence-corrected chi connectivity index (χ3v) is 5.94. The molecule has 1 aromatic carbocycles. The summed E-state index contributed by atoms with van der Waals surface area (Å²) in [4.78, 5) is 34.7. The highest BCUT2D eigenvalue weighted by molar-refractivity contribution is 7.89. The fourth-order valence-corrected chi connectivity index (χ4v) is 3.80. The number of carbonyl (C=O) groups is 3. The summed E-state index contributed by atoms with van der Waals surface area (Å²) in [5.74, 6) is -1.54. The number of amides is 3. The van der Waals surface area contributed by atoms with Crippen molar-refractivity contribution < 1.29 is 32.3 Å². The molecule has 0 bridgehead atoms. The van der Waals surface area contributed by atoms with Crippen LogP contribution >= 0.6 is 0 Å². The second-order valence-electron chi connectivity index (χ2n) is 6.07. The van der Waals surface area contributed by atoms with Gasteiger partial charge < -0.3 is 14.8 Å². The van der Waals surface area contributed by atoms with E-state index in [1.165, 1.54) is 36.5 Å². The number of rotatable bonds is 6. The van der Waals surface area contributed by atoms with Gasteiger partial charge in [0.15, 0.2) is 6.10 Å². The van der Waals surface area contributed by atoms with Crippen molar-refractivity contribution in [3.8, 4) is 0 Å². The average molecular weight is 425 g/mol. The number of nitrogens with zero attached hydrogens (tertiary/aromatic N) is 1. The number of benzene rings is 1. The number of sulfonamides is 1. The van der Waals surface area contributed by atoms with Crippen molar-refractivity contribution >= 4 is 34.0 Å². The molecule has 0 aromatic heterocycles. The molecule has 1 aliphatic rings. The maximum absolute atomic E-state index is 12.6. The van der Waals surface area contributed by atoms with Gasteiger partial charge in [-0.05, 0) is 30.7 Å². The first-order valence-electron chi connectivity index (χ1n) is 8.83. The van der Waals surface area contributed by atoms with Gasteiger partial charge in [0.25, 0.3) is 5.91 Å². The van der Waals surface area contributed by atoms with E-state index < -0.39 is 34.0 Å². The predicted octanol–water partition coefficient (Wildman–Crippen LogP) is 0.108. The fourth-order valence-electron chi connectivity index (χ4n) is 2.39. The lowest BCUT2D eigenvalue weighted by Gasteiger charge is -2.26. The van der Waals surface area contributed by atoms with E-state index >= 15 is 0 Å². The summed E-state index contributed by atoms with van der Waals surface area (Å²) >= 11 is 0. The van der Waals surface area contributed by atoms with Crippen LogP contribution in [0.1, 0.15) is 12.5 Å². The quantitative estimate of drug-likeness (QED) is 0.488. The number of ether oxygens (including phenoxy) is 2. The van der Waals surface area contributed by atoms with Gasteiger partial charge in [0, 0.05) is 26.2 Å². The van der Waals surface area contributed by atoms with E-state index in [2.05, 4.69) is 5.32 Å². The van der Waals surface area contributed by atoms with E-state index in [4.69, 9.17) is 9.47 Å². The van der Waals surface area contributed by atoms with Crippen molar-refractivity contribution in [2.24, 2.45) is 0 Å². The minimum Gasteiger partial charge on any atom is -0.449 e. The molecule has 10 nitrogen and oxygen atoms in total. The van der Waals surface area contributed by atoms with Gasteiger partial charge in [-0.2, -0.15) is 4.31 Å². The van der Waals surface area contributed by atoms with E-state index in [0.29, 0.717) is 31.9 Å². The second-order valence-corrected chi connectivity index (χ2v) is 8.00. The lowest BCUT2D eigenvalue weighted by molar-refractivity contribution is -0.149. The van der Waals surface area contributed by atoms with E-state index in [-0.39, 0.29) is 4.90 Å². The highest BCUT2D eigenvalue weighted by Crippen LogP contribution is 2.18. The van der Waals surface area contributed by atoms with Gasteiger partial charge in [-0.1, -0.05) is 12.1 Å². The van der Waals surface area contributed by atoms with E-state index in [9.17, 15) is 22.8 Å². The van der Waals surface area contributed by atoms with Crippen LogP contribution in [0.3, 0.4) is 0 Å². The molecule has 1 unspecified atom stereocenters. The van der Waals surface area contributed by atoms with Crippen LogP contribution in [0.25, 0.3) is 6.08 Å². The van der Waals surface area contributed by atoms with Gasteiger partial charge in [-0.3, -0.25) is 10.1 Å². The summed E-state index contributed by atoms with van der Waals surface area (Å²) in [6, 6.07) is 5.31. The molecular weight excluding hydrogens is 402 g/mol. The highest BCUT2D eigenvalue weighted by Gasteiger charge is 2.26. The molecule has 1 aromatic rings. The van der Waals surface area contributed by atoms with Crippen LogP contribution in [0, 0.1) is 0 Å². The predicted molar refractivity (Wildman–Crippen MR) is 103 cm³/mol. The topological polar surface area (TPSA) is 131 Å². The summed E-state index contributed by atoms with van der Waals surface area (Å²) in [5.41, 5.74) is 0.574. The first kappa shape index (κ1) is 22.5. The Morgan fingerprint density at radius 3 is 2.38 bits per heavy atom. The zero-order chi connectivity index (χ0) is 21.4. The highest BCUT2D eigenvalue weighted by atomic mass is 32.2. The number of urea groups is 1. The van der Waals surface area contributed by atoms with Crippen molar-refractivity contribution in [1.82, 2.24) is 14.9 Å². The minimum atomic E-state index is -3.59. The molecule has 1 heterocycles. The van der Waals surface area contributed by atoms with Gasteiger partial charge in [-0.25, -0.2) is 18.0 Å². The van der Waals surface area contributed by atoms with Gasteiger partial charge in [-0.15, -0.1) is 0 Å². The number of morpholine rings is 1. The smallest absolute Gasteiger partial charge is 0.331 e. The fraction of sp³-hybridized carbons (Fsp3) is 0.389. The molecule has 0 radical (unpaired) electrons. The summed E-state index contributed by atoms with van der Waals surface area (Å²) in [6.45, 7) is 2.67. The van der Waals surface area contributed by atoms with Gasteiger partial charge in [0.05, 0.1) is 18.1 Å². The number of hydrogen-bond acceptors (Lipinski definition) is 7. The molecule has 1 aliphatic heterocycles. The molecule has 2 N–H and O–H groups in total. The van der Waals surface area contributed by atoms with Gasteiger partial charge in [0.1, 0.15) is 0 Å². The van der Waals surface area contributed by atoms with Crippen molar-refractivity contribution in [2.45, 2.75) is 17.9 Å². The lowest BCUT2D eigenvalue weighted by Crippen LogP contribution is -2.43. The van der Waals surface area contributed by atoms with Crippen molar-refractivity contribution in [3.63, 3.8) is 0 Å². The SMILES string of the molecule is CNC(=O)NC(=O)C(C)OC(=O)C=Cc1ccc(S(=O)(=O)N2CCOCC2)cc1. The Bertz CT molecular complexity index is 875. The van der Waals surface area contributed by atoms with Crippen LogP contribution in [0.4, 0.5) is 4.79 Å². The molecule has 0 saturated carbocycles. The van der Waals surface area contributed by atoms with E-state index in [0.717, 1.165) is 6.08 Å². The molecule has 1 atom stereocenters. The maximum Gasteiger partial charge on any atom is 0.331 e. The average Bonchev–Trinajstić information content (AvgIpc) is 2.73. The lowest BCUT2D eigenvalue weighted by atomic mass is 10.2.